The van der Waals surface area contributed by atoms with Gasteiger partial charge in [-0.05, 0) is 25.1 Å². The number of nitrogens with one attached hydrogen (secondary N) is 1. The van der Waals surface area contributed by atoms with E-state index < -0.39 is 9.05 Å². The molecule has 1 N–H and O–H groups in total. The first-order valence-electron chi connectivity index (χ1n) is 5.91. The van der Waals surface area contributed by atoms with Crippen LogP contribution in [0.3, 0.4) is 0 Å². The topological polar surface area (TPSA) is 75.7 Å². The van der Waals surface area contributed by atoms with Gasteiger partial charge < -0.3 is 4.98 Å². The molecule has 0 atom stereocenters. The number of aromatic amines is 1. The van der Waals surface area contributed by atoms with Gasteiger partial charge >= 0.3 is 0 Å². The fourth-order valence-corrected chi connectivity index (χ4v) is 3.46. The second-order valence-electron chi connectivity index (χ2n) is 4.48. The SMILES string of the molecule is Cc1cc(-c2c(Cl)ccc3c(S(=O)(=O)Cl)c[nH]c23)ncn1. The van der Waals surface area contributed by atoms with Crippen LogP contribution >= 0.6 is 22.3 Å². The largest absolute Gasteiger partial charge is 0.359 e. The van der Waals surface area contributed by atoms with E-state index in [0.717, 1.165) is 5.69 Å². The predicted octanol–water partition coefficient (Wildman–Crippen LogP) is 3.51. The minimum atomic E-state index is -3.84. The molecule has 0 saturated carbocycles. The maximum Gasteiger partial charge on any atom is 0.263 e. The Labute approximate surface area is 130 Å². The molecule has 1 aromatic carbocycles. The number of nitrogens with zero attached hydrogens (tertiary/aromatic N) is 2. The third-order valence-electron chi connectivity index (χ3n) is 3.09. The minimum Gasteiger partial charge on any atom is -0.359 e. The van der Waals surface area contributed by atoms with E-state index in [1.54, 1.807) is 18.2 Å². The Hall–Kier alpha value is -1.63. The van der Waals surface area contributed by atoms with Gasteiger partial charge in [-0.2, -0.15) is 0 Å². The van der Waals surface area contributed by atoms with E-state index in [9.17, 15) is 8.42 Å². The summed E-state index contributed by atoms with van der Waals surface area (Å²) >= 11 is 6.25. The van der Waals surface area contributed by atoms with Crippen molar-refractivity contribution >= 4 is 42.2 Å². The van der Waals surface area contributed by atoms with E-state index in [1.807, 2.05) is 6.92 Å². The first-order chi connectivity index (χ1) is 9.88. The summed E-state index contributed by atoms with van der Waals surface area (Å²) in [6.07, 6.45) is 2.78. The van der Waals surface area contributed by atoms with Crippen LogP contribution in [0.1, 0.15) is 5.69 Å². The summed E-state index contributed by atoms with van der Waals surface area (Å²) in [5, 5.41) is 0.932. The second-order valence-corrected chi connectivity index (χ2v) is 7.42. The third kappa shape index (κ3) is 2.50. The zero-order valence-electron chi connectivity index (χ0n) is 10.8. The maximum absolute atomic E-state index is 11.6. The zero-order valence-corrected chi connectivity index (χ0v) is 13.1. The molecule has 0 saturated heterocycles. The number of aromatic nitrogens is 3. The lowest BCUT2D eigenvalue weighted by atomic mass is 10.1. The first kappa shape index (κ1) is 14.3. The number of hydrogen-bond donors (Lipinski definition) is 1. The highest BCUT2D eigenvalue weighted by atomic mass is 35.7. The monoisotopic (exact) mass is 341 g/mol. The summed E-state index contributed by atoms with van der Waals surface area (Å²) in [6.45, 7) is 1.84. The first-order valence-corrected chi connectivity index (χ1v) is 8.60. The fourth-order valence-electron chi connectivity index (χ4n) is 2.19. The van der Waals surface area contributed by atoms with E-state index in [0.29, 0.717) is 27.2 Å². The normalized spacial score (nSPS) is 12.0. The molecule has 8 heteroatoms. The molecule has 108 valence electrons. The summed E-state index contributed by atoms with van der Waals surface area (Å²) < 4.78 is 23.2. The van der Waals surface area contributed by atoms with Gasteiger partial charge in [0, 0.05) is 33.5 Å². The summed E-state index contributed by atoms with van der Waals surface area (Å²) in [5.74, 6) is 0. The van der Waals surface area contributed by atoms with Gasteiger partial charge in [-0.1, -0.05) is 11.6 Å². The number of benzene rings is 1. The molecule has 0 unspecified atom stereocenters. The number of halogens is 2. The molecule has 0 bridgehead atoms. The van der Waals surface area contributed by atoms with Gasteiger partial charge in [0.25, 0.3) is 9.05 Å². The van der Waals surface area contributed by atoms with Crippen molar-refractivity contribution in [3.05, 3.63) is 41.4 Å². The second kappa shape index (κ2) is 4.98. The highest BCUT2D eigenvalue weighted by molar-refractivity contribution is 8.14. The molecule has 0 aliphatic carbocycles. The van der Waals surface area contributed by atoms with Crippen LogP contribution in [0.5, 0.6) is 0 Å². The minimum absolute atomic E-state index is 0.0165. The molecule has 0 amide bonds. The Balaban J connectivity index is 2.38. The van der Waals surface area contributed by atoms with E-state index in [-0.39, 0.29) is 4.90 Å². The van der Waals surface area contributed by atoms with Gasteiger partial charge in [0.15, 0.2) is 0 Å². The lowest BCUT2D eigenvalue weighted by Gasteiger charge is -2.06. The van der Waals surface area contributed by atoms with Gasteiger partial charge in [-0.25, -0.2) is 18.4 Å². The number of aryl methyl sites for hydroxylation is 1. The number of hydrogen-bond acceptors (Lipinski definition) is 4. The van der Waals surface area contributed by atoms with E-state index in [4.69, 9.17) is 22.3 Å². The van der Waals surface area contributed by atoms with Crippen LogP contribution in [-0.4, -0.2) is 23.4 Å². The Bertz CT molecular complexity index is 951. The molecule has 3 rings (SSSR count). The van der Waals surface area contributed by atoms with Crippen molar-refractivity contribution in [3.63, 3.8) is 0 Å². The van der Waals surface area contributed by atoms with Crippen LogP contribution in [0.2, 0.25) is 5.02 Å². The molecule has 21 heavy (non-hydrogen) atoms. The summed E-state index contributed by atoms with van der Waals surface area (Å²) in [7, 11) is 1.59. The van der Waals surface area contributed by atoms with Crippen LogP contribution < -0.4 is 0 Å². The van der Waals surface area contributed by atoms with Crippen molar-refractivity contribution in [2.45, 2.75) is 11.8 Å². The van der Waals surface area contributed by atoms with Crippen LogP contribution in [0.15, 0.2) is 35.6 Å². The molecular weight excluding hydrogens is 333 g/mol. The van der Waals surface area contributed by atoms with Crippen LogP contribution in [0.25, 0.3) is 22.2 Å². The van der Waals surface area contributed by atoms with Gasteiger partial charge in [0.2, 0.25) is 0 Å². The van der Waals surface area contributed by atoms with Gasteiger partial charge in [-0.3, -0.25) is 0 Å². The van der Waals surface area contributed by atoms with Crippen molar-refractivity contribution in [2.24, 2.45) is 0 Å². The van der Waals surface area contributed by atoms with E-state index in [2.05, 4.69) is 15.0 Å². The van der Waals surface area contributed by atoms with Crippen LogP contribution in [-0.2, 0) is 9.05 Å². The Kier molecular flexibility index (Phi) is 3.39. The quantitative estimate of drug-likeness (QED) is 0.723. The highest BCUT2D eigenvalue weighted by Crippen LogP contribution is 2.36. The van der Waals surface area contributed by atoms with Gasteiger partial charge in [-0.15, -0.1) is 0 Å². The Morgan fingerprint density at radius 3 is 2.67 bits per heavy atom. The standard InChI is InChI=1S/C13H9Cl2N3O2S/c1-7-4-10(18-6-17-7)12-9(14)3-2-8-11(21(15,19)20)5-16-13(8)12/h2-6,16H,1H3. The van der Waals surface area contributed by atoms with E-state index >= 15 is 0 Å². The van der Waals surface area contributed by atoms with Crippen molar-refractivity contribution in [1.82, 2.24) is 15.0 Å². The zero-order chi connectivity index (χ0) is 15.2. The molecule has 5 nitrogen and oxygen atoms in total. The van der Waals surface area contributed by atoms with Crippen molar-refractivity contribution in [3.8, 4) is 11.3 Å². The van der Waals surface area contributed by atoms with Crippen molar-refractivity contribution < 1.29 is 8.42 Å². The van der Waals surface area contributed by atoms with E-state index in [1.165, 1.54) is 12.5 Å². The number of fused-ring (bicyclic) bond motifs is 1. The number of H-pyrrole nitrogens is 1. The molecule has 2 heterocycles. The summed E-state index contributed by atoms with van der Waals surface area (Å²) in [6, 6.07) is 5.01. The average Bonchev–Trinajstić information content (AvgIpc) is 2.82. The maximum atomic E-state index is 11.6. The molecule has 3 aromatic rings. The lowest BCUT2D eigenvalue weighted by Crippen LogP contribution is -1.91. The lowest BCUT2D eigenvalue weighted by molar-refractivity contribution is 0.610. The van der Waals surface area contributed by atoms with Gasteiger partial charge in [0.05, 0.1) is 16.2 Å². The fraction of sp³-hybridized carbons (Fsp3) is 0.0769. The molecule has 0 radical (unpaired) electrons. The van der Waals surface area contributed by atoms with Crippen LogP contribution in [0, 0.1) is 6.92 Å². The Morgan fingerprint density at radius 1 is 1.24 bits per heavy atom. The molecule has 2 aromatic heterocycles. The molecular formula is C13H9Cl2N3O2S. The molecule has 0 aliphatic rings. The third-order valence-corrected chi connectivity index (χ3v) is 4.77. The average molecular weight is 342 g/mol. The smallest absolute Gasteiger partial charge is 0.263 e. The van der Waals surface area contributed by atoms with Crippen LogP contribution in [0.4, 0.5) is 0 Å². The van der Waals surface area contributed by atoms with Crippen molar-refractivity contribution in [1.29, 1.82) is 0 Å². The Morgan fingerprint density at radius 2 is 2.00 bits per heavy atom. The highest BCUT2D eigenvalue weighted by Gasteiger charge is 2.20. The summed E-state index contributed by atoms with van der Waals surface area (Å²) in [5.41, 5.74) is 2.58. The predicted molar refractivity (Wildman–Crippen MR) is 82.1 cm³/mol. The van der Waals surface area contributed by atoms with Gasteiger partial charge in [0.1, 0.15) is 11.2 Å². The number of rotatable bonds is 2. The summed E-state index contributed by atoms with van der Waals surface area (Å²) in [4.78, 5) is 11.2. The van der Waals surface area contributed by atoms with Crippen molar-refractivity contribution in [2.75, 3.05) is 0 Å². The molecule has 0 fully saturated rings. The molecule has 0 spiro atoms. The molecule has 0 aliphatic heterocycles.